The molecular formula is C16H23N3O4. The Morgan fingerprint density at radius 2 is 1.74 bits per heavy atom. The molecule has 0 amide bonds. The number of ether oxygens (including phenoxy) is 3. The van der Waals surface area contributed by atoms with Gasteiger partial charge in [-0.15, -0.1) is 0 Å². The number of hydrogen-bond acceptors (Lipinski definition) is 7. The van der Waals surface area contributed by atoms with Gasteiger partial charge in [0.2, 0.25) is 11.6 Å². The van der Waals surface area contributed by atoms with Gasteiger partial charge in [0, 0.05) is 24.2 Å². The Bertz CT molecular complexity index is 615. The molecule has 0 aliphatic rings. The van der Waals surface area contributed by atoms with E-state index in [1.54, 1.807) is 21.3 Å². The Morgan fingerprint density at radius 1 is 1.09 bits per heavy atom. The van der Waals surface area contributed by atoms with Gasteiger partial charge < -0.3 is 24.1 Å². The normalized spacial score (nSPS) is 10.7. The molecule has 7 nitrogen and oxygen atoms in total. The predicted octanol–water partition coefficient (Wildman–Crippen LogP) is 2.91. The summed E-state index contributed by atoms with van der Waals surface area (Å²) in [7, 11) is 4.73. The van der Waals surface area contributed by atoms with Crippen LogP contribution in [0.2, 0.25) is 0 Å². The lowest BCUT2D eigenvalue weighted by Crippen LogP contribution is -2.02. The van der Waals surface area contributed by atoms with Crippen LogP contribution in [0.3, 0.4) is 0 Å². The van der Waals surface area contributed by atoms with Crippen LogP contribution in [0.1, 0.15) is 25.6 Å². The second-order valence-corrected chi connectivity index (χ2v) is 5.47. The number of rotatable bonds is 8. The van der Waals surface area contributed by atoms with Gasteiger partial charge in [-0.05, 0) is 5.92 Å². The van der Waals surface area contributed by atoms with Gasteiger partial charge in [0.15, 0.2) is 17.3 Å². The van der Waals surface area contributed by atoms with Gasteiger partial charge in [0.05, 0.1) is 27.9 Å². The summed E-state index contributed by atoms with van der Waals surface area (Å²) in [6, 6.07) is 3.65. The highest BCUT2D eigenvalue weighted by Crippen LogP contribution is 2.39. The van der Waals surface area contributed by atoms with Crippen LogP contribution in [0.5, 0.6) is 17.2 Å². The second-order valence-electron chi connectivity index (χ2n) is 5.47. The van der Waals surface area contributed by atoms with E-state index in [-0.39, 0.29) is 0 Å². The van der Waals surface area contributed by atoms with Crippen LogP contribution in [0, 0.1) is 5.92 Å². The number of methoxy groups -OCH3 is 3. The second kappa shape index (κ2) is 7.71. The van der Waals surface area contributed by atoms with Gasteiger partial charge in [-0.25, -0.2) is 0 Å². The summed E-state index contributed by atoms with van der Waals surface area (Å²) in [5.41, 5.74) is 0.808. The summed E-state index contributed by atoms with van der Waals surface area (Å²) in [5.74, 6) is 3.47. The molecule has 1 heterocycles. The molecule has 1 aromatic heterocycles. The fourth-order valence-electron chi connectivity index (χ4n) is 2.17. The van der Waals surface area contributed by atoms with Crippen molar-refractivity contribution in [2.24, 2.45) is 5.92 Å². The van der Waals surface area contributed by atoms with Crippen molar-refractivity contribution in [1.29, 1.82) is 0 Å². The van der Waals surface area contributed by atoms with Gasteiger partial charge in [0.1, 0.15) is 0 Å². The maximum Gasteiger partial charge on any atom is 0.245 e. The first kappa shape index (κ1) is 16.9. The SMILES string of the molecule is COc1cc(NCc2nc(CC(C)C)no2)cc(OC)c1OC. The van der Waals surface area contributed by atoms with Crippen LogP contribution in [0.15, 0.2) is 16.7 Å². The number of anilines is 1. The van der Waals surface area contributed by atoms with Crippen LogP contribution >= 0.6 is 0 Å². The number of aromatic nitrogens is 2. The van der Waals surface area contributed by atoms with Gasteiger partial charge in [-0.1, -0.05) is 19.0 Å². The molecule has 1 aromatic carbocycles. The van der Waals surface area contributed by atoms with E-state index in [0.717, 1.165) is 17.9 Å². The van der Waals surface area contributed by atoms with Crippen molar-refractivity contribution in [3.8, 4) is 17.2 Å². The quantitative estimate of drug-likeness (QED) is 0.801. The summed E-state index contributed by atoms with van der Waals surface area (Å²) >= 11 is 0. The largest absolute Gasteiger partial charge is 0.493 e. The topological polar surface area (TPSA) is 78.6 Å². The zero-order valence-corrected chi connectivity index (χ0v) is 14.2. The monoisotopic (exact) mass is 321 g/mol. The molecule has 2 rings (SSSR count). The van der Waals surface area contributed by atoms with E-state index >= 15 is 0 Å². The van der Waals surface area contributed by atoms with E-state index in [9.17, 15) is 0 Å². The van der Waals surface area contributed by atoms with Gasteiger partial charge in [-0.3, -0.25) is 0 Å². The van der Waals surface area contributed by atoms with Gasteiger partial charge in [-0.2, -0.15) is 4.98 Å². The average molecular weight is 321 g/mol. The first-order chi connectivity index (χ1) is 11.1. The summed E-state index contributed by atoms with van der Waals surface area (Å²) in [5, 5.41) is 7.18. The van der Waals surface area contributed by atoms with Crippen LogP contribution in [-0.2, 0) is 13.0 Å². The fraction of sp³-hybridized carbons (Fsp3) is 0.500. The standard InChI is InChI=1S/C16H23N3O4/c1-10(2)6-14-18-15(23-19-14)9-17-11-7-12(20-3)16(22-5)13(8-11)21-4/h7-8,10,17H,6,9H2,1-5H3. The first-order valence-electron chi connectivity index (χ1n) is 7.42. The molecule has 0 aliphatic heterocycles. The third-order valence-corrected chi connectivity index (χ3v) is 3.21. The lowest BCUT2D eigenvalue weighted by Gasteiger charge is -2.14. The minimum Gasteiger partial charge on any atom is -0.493 e. The molecule has 0 saturated heterocycles. The lowest BCUT2D eigenvalue weighted by molar-refractivity contribution is 0.324. The molecule has 23 heavy (non-hydrogen) atoms. The molecule has 126 valence electrons. The van der Waals surface area contributed by atoms with E-state index in [4.69, 9.17) is 18.7 Å². The lowest BCUT2D eigenvalue weighted by atomic mass is 10.1. The molecule has 0 fully saturated rings. The number of nitrogens with one attached hydrogen (secondary N) is 1. The minimum absolute atomic E-state index is 0.420. The zero-order chi connectivity index (χ0) is 16.8. The van der Waals surface area contributed by atoms with E-state index in [0.29, 0.717) is 35.6 Å². The van der Waals surface area contributed by atoms with Crippen molar-refractivity contribution in [3.63, 3.8) is 0 Å². The predicted molar refractivity (Wildman–Crippen MR) is 86.3 cm³/mol. The van der Waals surface area contributed by atoms with E-state index in [1.807, 2.05) is 12.1 Å². The Balaban J connectivity index is 2.09. The third kappa shape index (κ3) is 4.28. The Hall–Kier alpha value is -2.44. The fourth-order valence-corrected chi connectivity index (χ4v) is 2.17. The molecule has 0 spiro atoms. The molecule has 0 atom stereocenters. The molecule has 0 aliphatic carbocycles. The number of hydrogen-bond donors (Lipinski definition) is 1. The Morgan fingerprint density at radius 3 is 2.26 bits per heavy atom. The van der Waals surface area contributed by atoms with Crippen LogP contribution in [0.25, 0.3) is 0 Å². The number of nitrogens with zero attached hydrogens (tertiary/aromatic N) is 2. The highest BCUT2D eigenvalue weighted by molar-refractivity contribution is 5.62. The smallest absolute Gasteiger partial charge is 0.245 e. The summed E-state index contributed by atoms with van der Waals surface area (Å²) in [6.45, 7) is 4.65. The molecule has 0 radical (unpaired) electrons. The molecule has 7 heteroatoms. The molecular weight excluding hydrogens is 298 g/mol. The number of benzene rings is 1. The van der Waals surface area contributed by atoms with E-state index in [1.165, 1.54) is 0 Å². The van der Waals surface area contributed by atoms with Gasteiger partial charge >= 0.3 is 0 Å². The average Bonchev–Trinajstić information content (AvgIpc) is 2.98. The van der Waals surface area contributed by atoms with E-state index in [2.05, 4.69) is 29.3 Å². The highest BCUT2D eigenvalue weighted by atomic mass is 16.5. The summed E-state index contributed by atoms with van der Waals surface area (Å²) < 4.78 is 21.2. The Kier molecular flexibility index (Phi) is 5.67. The molecule has 0 saturated carbocycles. The molecule has 0 unspecified atom stereocenters. The summed E-state index contributed by atoms with van der Waals surface area (Å²) in [6.07, 6.45) is 0.799. The first-order valence-corrected chi connectivity index (χ1v) is 7.42. The minimum atomic E-state index is 0.420. The zero-order valence-electron chi connectivity index (χ0n) is 14.2. The molecule has 0 bridgehead atoms. The van der Waals surface area contributed by atoms with Crippen LogP contribution in [-0.4, -0.2) is 31.5 Å². The van der Waals surface area contributed by atoms with Crippen LogP contribution < -0.4 is 19.5 Å². The maximum absolute atomic E-state index is 5.32. The summed E-state index contributed by atoms with van der Waals surface area (Å²) in [4.78, 5) is 4.36. The van der Waals surface area contributed by atoms with Crippen molar-refractivity contribution >= 4 is 5.69 Å². The van der Waals surface area contributed by atoms with Gasteiger partial charge in [0.25, 0.3) is 0 Å². The Labute approximate surface area is 135 Å². The van der Waals surface area contributed by atoms with Crippen molar-refractivity contribution in [2.45, 2.75) is 26.8 Å². The third-order valence-electron chi connectivity index (χ3n) is 3.21. The molecule has 1 N–H and O–H groups in total. The molecule has 2 aromatic rings. The highest BCUT2D eigenvalue weighted by Gasteiger charge is 2.14. The van der Waals surface area contributed by atoms with Crippen molar-refractivity contribution in [2.75, 3.05) is 26.6 Å². The maximum atomic E-state index is 5.32. The van der Waals surface area contributed by atoms with E-state index < -0.39 is 0 Å². The van der Waals surface area contributed by atoms with Crippen molar-refractivity contribution < 1.29 is 18.7 Å². The van der Waals surface area contributed by atoms with Crippen LogP contribution in [0.4, 0.5) is 5.69 Å². The van der Waals surface area contributed by atoms with Crippen molar-refractivity contribution in [3.05, 3.63) is 23.8 Å². The van der Waals surface area contributed by atoms with Crippen molar-refractivity contribution in [1.82, 2.24) is 10.1 Å².